The number of aliphatic hydroxyl groups is 1. The van der Waals surface area contributed by atoms with Crippen LogP contribution in [0.5, 0.6) is 0 Å². The van der Waals surface area contributed by atoms with Crippen molar-refractivity contribution < 1.29 is 13.9 Å². The lowest BCUT2D eigenvalue weighted by Gasteiger charge is -2.18. The predicted octanol–water partition coefficient (Wildman–Crippen LogP) is 2.86. The van der Waals surface area contributed by atoms with E-state index in [0.717, 1.165) is 12.8 Å². The van der Waals surface area contributed by atoms with Crippen LogP contribution in [0.4, 0.5) is 8.78 Å². The highest BCUT2D eigenvalue weighted by molar-refractivity contribution is 5.33. The largest absolute Gasteiger partial charge is 0.396 e. The van der Waals surface area contributed by atoms with E-state index < -0.39 is 12.2 Å². The molecule has 22 heavy (non-hydrogen) atoms. The van der Waals surface area contributed by atoms with Gasteiger partial charge in [0.25, 0.3) is 6.43 Å². The van der Waals surface area contributed by atoms with Crippen LogP contribution in [-0.2, 0) is 12.0 Å². The second-order valence-electron chi connectivity index (χ2n) is 5.90. The van der Waals surface area contributed by atoms with Crippen molar-refractivity contribution in [3.63, 3.8) is 0 Å². The summed E-state index contributed by atoms with van der Waals surface area (Å²) in [5.74, 6) is 0.314. The molecule has 0 bridgehead atoms. The SMILES string of the molecule is Cc1nc(C(F)F)nn1CC[C@@]1(c2ccccc2)C[C@H]1CO. The highest BCUT2D eigenvalue weighted by Gasteiger charge is 2.54. The fourth-order valence-electron chi connectivity index (χ4n) is 3.25. The van der Waals surface area contributed by atoms with Gasteiger partial charge in [0.15, 0.2) is 0 Å². The molecule has 0 spiro atoms. The first-order valence-electron chi connectivity index (χ1n) is 7.42. The van der Waals surface area contributed by atoms with E-state index in [2.05, 4.69) is 22.2 Å². The second kappa shape index (κ2) is 5.76. The summed E-state index contributed by atoms with van der Waals surface area (Å²) in [6.45, 7) is 2.36. The van der Waals surface area contributed by atoms with Gasteiger partial charge in [0.05, 0.1) is 0 Å². The number of hydrogen-bond donors (Lipinski definition) is 1. The highest BCUT2D eigenvalue weighted by Crippen LogP contribution is 2.56. The summed E-state index contributed by atoms with van der Waals surface area (Å²) in [5, 5.41) is 13.4. The third-order valence-electron chi connectivity index (χ3n) is 4.64. The van der Waals surface area contributed by atoms with Gasteiger partial charge in [0.1, 0.15) is 5.82 Å². The summed E-state index contributed by atoms with van der Waals surface area (Å²) in [5.41, 5.74) is 1.13. The average molecular weight is 307 g/mol. The van der Waals surface area contributed by atoms with E-state index in [0.29, 0.717) is 12.4 Å². The minimum Gasteiger partial charge on any atom is -0.396 e. The third-order valence-corrected chi connectivity index (χ3v) is 4.64. The van der Waals surface area contributed by atoms with Crippen LogP contribution < -0.4 is 0 Å². The Morgan fingerprint density at radius 2 is 2.09 bits per heavy atom. The molecule has 1 N–H and O–H groups in total. The quantitative estimate of drug-likeness (QED) is 0.893. The van der Waals surface area contributed by atoms with E-state index in [1.165, 1.54) is 5.56 Å². The first kappa shape index (κ1) is 15.1. The van der Waals surface area contributed by atoms with Gasteiger partial charge in [-0.1, -0.05) is 30.3 Å². The van der Waals surface area contributed by atoms with Crippen molar-refractivity contribution in [3.8, 4) is 0 Å². The van der Waals surface area contributed by atoms with Gasteiger partial charge < -0.3 is 5.11 Å². The van der Waals surface area contributed by atoms with Gasteiger partial charge in [-0.25, -0.2) is 18.4 Å². The van der Waals surface area contributed by atoms with Gasteiger partial charge >= 0.3 is 0 Å². The van der Waals surface area contributed by atoms with Gasteiger partial charge in [-0.15, -0.1) is 5.10 Å². The van der Waals surface area contributed by atoms with Gasteiger partial charge in [0.2, 0.25) is 5.82 Å². The molecule has 0 radical (unpaired) electrons. The first-order chi connectivity index (χ1) is 10.6. The van der Waals surface area contributed by atoms with Gasteiger partial charge in [0, 0.05) is 18.6 Å². The molecule has 1 aliphatic carbocycles. The van der Waals surface area contributed by atoms with Crippen LogP contribution in [0, 0.1) is 12.8 Å². The fourth-order valence-corrected chi connectivity index (χ4v) is 3.25. The Morgan fingerprint density at radius 1 is 1.36 bits per heavy atom. The van der Waals surface area contributed by atoms with Crippen molar-refractivity contribution in [2.24, 2.45) is 5.92 Å². The number of aromatic nitrogens is 3. The maximum absolute atomic E-state index is 12.7. The standard InChI is InChI=1S/C16H19F2N3O/c1-11-19-15(14(17)18)20-21(11)8-7-16(9-13(16)10-22)12-5-3-2-4-6-12/h2-6,13-14,22H,7-10H2,1H3/t13-,16-/m0/s1. The molecule has 1 aliphatic rings. The molecule has 2 aromatic rings. The number of nitrogens with zero attached hydrogens (tertiary/aromatic N) is 3. The summed E-state index contributed by atoms with van der Waals surface area (Å²) in [6, 6.07) is 10.1. The zero-order chi connectivity index (χ0) is 15.7. The van der Waals surface area contributed by atoms with Crippen molar-refractivity contribution in [2.45, 2.75) is 38.2 Å². The molecule has 2 atom stereocenters. The van der Waals surface area contributed by atoms with Crippen LogP contribution in [0.1, 0.15) is 36.5 Å². The Balaban J connectivity index is 1.77. The first-order valence-corrected chi connectivity index (χ1v) is 7.42. The Kier molecular flexibility index (Phi) is 3.95. The maximum atomic E-state index is 12.7. The molecule has 0 amide bonds. The molecule has 1 heterocycles. The number of rotatable bonds is 6. The van der Waals surface area contributed by atoms with Gasteiger partial charge in [-0.2, -0.15) is 0 Å². The highest BCUT2D eigenvalue weighted by atomic mass is 19.3. The topological polar surface area (TPSA) is 50.9 Å². The molecule has 0 unspecified atom stereocenters. The molecule has 0 saturated heterocycles. The summed E-state index contributed by atoms with van der Waals surface area (Å²) in [7, 11) is 0. The summed E-state index contributed by atoms with van der Waals surface area (Å²) >= 11 is 0. The Hall–Kier alpha value is -1.82. The van der Waals surface area contributed by atoms with E-state index >= 15 is 0 Å². The van der Waals surface area contributed by atoms with Gasteiger partial charge in [-0.05, 0) is 31.2 Å². The lowest BCUT2D eigenvalue weighted by molar-refractivity contribution is 0.140. The van der Waals surface area contributed by atoms with Crippen LogP contribution in [-0.4, -0.2) is 26.5 Å². The number of aryl methyl sites for hydroxylation is 2. The van der Waals surface area contributed by atoms with Crippen LogP contribution in [0.3, 0.4) is 0 Å². The van der Waals surface area contributed by atoms with Gasteiger partial charge in [-0.3, -0.25) is 0 Å². The summed E-state index contributed by atoms with van der Waals surface area (Å²) in [6.07, 6.45) is -0.966. The lowest BCUT2D eigenvalue weighted by atomic mass is 9.90. The van der Waals surface area contributed by atoms with E-state index in [1.54, 1.807) is 11.6 Å². The lowest BCUT2D eigenvalue weighted by Crippen LogP contribution is -2.16. The molecule has 4 nitrogen and oxygen atoms in total. The van der Waals surface area contributed by atoms with Crippen LogP contribution in [0.15, 0.2) is 30.3 Å². The molecule has 6 heteroatoms. The van der Waals surface area contributed by atoms with Crippen LogP contribution >= 0.6 is 0 Å². The predicted molar refractivity (Wildman–Crippen MR) is 77.6 cm³/mol. The number of aliphatic hydroxyl groups excluding tert-OH is 1. The molecule has 1 fully saturated rings. The van der Waals surface area contributed by atoms with Crippen molar-refractivity contribution in [2.75, 3.05) is 6.61 Å². The van der Waals surface area contributed by atoms with Crippen molar-refractivity contribution in [3.05, 3.63) is 47.5 Å². The Morgan fingerprint density at radius 3 is 2.64 bits per heavy atom. The van der Waals surface area contributed by atoms with E-state index in [-0.39, 0.29) is 17.9 Å². The molecular formula is C16H19F2N3O. The van der Waals surface area contributed by atoms with Crippen molar-refractivity contribution in [1.29, 1.82) is 0 Å². The minimum atomic E-state index is -2.64. The second-order valence-corrected chi connectivity index (χ2v) is 5.90. The summed E-state index contributed by atoms with van der Waals surface area (Å²) in [4.78, 5) is 3.80. The molecule has 1 aromatic heterocycles. The minimum absolute atomic E-state index is 0.0700. The Bertz CT molecular complexity index is 644. The summed E-state index contributed by atoms with van der Waals surface area (Å²) < 4.78 is 26.9. The smallest absolute Gasteiger partial charge is 0.299 e. The third kappa shape index (κ3) is 2.63. The number of hydrogen-bond acceptors (Lipinski definition) is 3. The normalized spacial score (nSPS) is 24.0. The monoisotopic (exact) mass is 307 g/mol. The van der Waals surface area contributed by atoms with E-state index in [9.17, 15) is 13.9 Å². The number of halogens is 2. The molecule has 0 aliphatic heterocycles. The molecular weight excluding hydrogens is 288 g/mol. The molecule has 118 valence electrons. The van der Waals surface area contributed by atoms with Crippen LogP contribution in [0.2, 0.25) is 0 Å². The molecule has 1 aromatic carbocycles. The fraction of sp³-hybridized carbons (Fsp3) is 0.500. The zero-order valence-electron chi connectivity index (χ0n) is 12.4. The zero-order valence-corrected chi connectivity index (χ0v) is 12.4. The van der Waals surface area contributed by atoms with Crippen LogP contribution in [0.25, 0.3) is 0 Å². The molecule has 1 saturated carbocycles. The Labute approximate surface area is 127 Å². The van der Waals surface area contributed by atoms with Crippen molar-refractivity contribution in [1.82, 2.24) is 14.8 Å². The van der Waals surface area contributed by atoms with E-state index in [4.69, 9.17) is 0 Å². The van der Waals surface area contributed by atoms with Crippen molar-refractivity contribution >= 4 is 0 Å². The average Bonchev–Trinajstić information content (AvgIpc) is 3.13. The maximum Gasteiger partial charge on any atom is 0.299 e. The van der Waals surface area contributed by atoms with E-state index in [1.807, 2.05) is 18.2 Å². The number of benzene rings is 1. The molecule has 3 rings (SSSR count). The number of alkyl halides is 2.